The van der Waals surface area contributed by atoms with Gasteiger partial charge in [0, 0.05) is 29.6 Å². The van der Waals surface area contributed by atoms with Gasteiger partial charge in [-0.05, 0) is 65.9 Å². The van der Waals surface area contributed by atoms with E-state index >= 15 is 0 Å². The Morgan fingerprint density at radius 2 is 1.82 bits per heavy atom. The highest BCUT2D eigenvalue weighted by Crippen LogP contribution is 2.29. The second kappa shape index (κ2) is 9.27. The Morgan fingerprint density at radius 3 is 2.61 bits per heavy atom. The van der Waals surface area contributed by atoms with E-state index < -0.39 is 0 Å². The van der Waals surface area contributed by atoms with E-state index in [1.807, 2.05) is 35.0 Å². The first-order valence-electron chi connectivity index (χ1n) is 11.7. The lowest BCUT2D eigenvalue weighted by atomic mass is 10.0. The average molecular weight is 443 g/mol. The van der Waals surface area contributed by atoms with Gasteiger partial charge in [-0.15, -0.1) is 5.10 Å². The van der Waals surface area contributed by atoms with Crippen LogP contribution in [0.3, 0.4) is 0 Å². The minimum absolute atomic E-state index is 0.0408. The van der Waals surface area contributed by atoms with Crippen molar-refractivity contribution in [3.63, 3.8) is 0 Å². The van der Waals surface area contributed by atoms with Gasteiger partial charge in [0.15, 0.2) is 5.82 Å². The van der Waals surface area contributed by atoms with Crippen LogP contribution in [0.15, 0.2) is 53.3 Å². The number of nitrogens with zero attached hydrogens (tertiary/aromatic N) is 5. The maximum atomic E-state index is 13.0. The molecular weight excluding hydrogens is 412 g/mol. The Hall–Kier alpha value is -3.32. The standard InChI is InChI=1S/C26H30N6O/c1-18-12-19(2)23-14-21(26(33)27-24(23)13-18)16-31(15-20-8-4-3-5-9-20)17-25-28-29-30-32(25)22-10-6-7-11-22/h3-5,8-9,12-14,22H,6-7,10-11,15-17H2,1-2H3,(H,27,33). The summed E-state index contributed by atoms with van der Waals surface area (Å²) in [6, 6.07) is 17.0. The van der Waals surface area contributed by atoms with E-state index in [4.69, 9.17) is 0 Å². The molecule has 0 bridgehead atoms. The molecule has 0 saturated heterocycles. The zero-order chi connectivity index (χ0) is 22.8. The number of nitrogens with one attached hydrogen (secondary N) is 1. The van der Waals surface area contributed by atoms with Crippen molar-refractivity contribution in [1.82, 2.24) is 30.1 Å². The predicted molar refractivity (Wildman–Crippen MR) is 129 cm³/mol. The van der Waals surface area contributed by atoms with Gasteiger partial charge >= 0.3 is 0 Å². The van der Waals surface area contributed by atoms with Crippen molar-refractivity contribution < 1.29 is 0 Å². The average Bonchev–Trinajstić information content (AvgIpc) is 3.47. The van der Waals surface area contributed by atoms with Crippen LogP contribution in [0.25, 0.3) is 10.9 Å². The molecule has 2 aromatic heterocycles. The summed E-state index contributed by atoms with van der Waals surface area (Å²) < 4.78 is 2.00. The van der Waals surface area contributed by atoms with Gasteiger partial charge in [0.05, 0.1) is 12.6 Å². The molecule has 0 amide bonds. The van der Waals surface area contributed by atoms with E-state index in [2.05, 4.69) is 57.5 Å². The Bertz CT molecular complexity index is 1300. The van der Waals surface area contributed by atoms with Crippen molar-refractivity contribution in [3.8, 4) is 0 Å². The molecule has 0 spiro atoms. The Kier molecular flexibility index (Phi) is 6.05. The lowest BCUT2D eigenvalue weighted by molar-refractivity contribution is 0.231. The van der Waals surface area contributed by atoms with Crippen LogP contribution in [0.1, 0.15) is 59.8 Å². The van der Waals surface area contributed by atoms with Crippen molar-refractivity contribution >= 4 is 10.9 Å². The molecule has 2 aromatic carbocycles. The minimum atomic E-state index is -0.0408. The Morgan fingerprint density at radius 1 is 1.03 bits per heavy atom. The molecule has 1 N–H and O–H groups in total. The number of tetrazole rings is 1. The first-order valence-corrected chi connectivity index (χ1v) is 11.7. The van der Waals surface area contributed by atoms with Gasteiger partial charge in [-0.25, -0.2) is 4.68 Å². The van der Waals surface area contributed by atoms with Crippen molar-refractivity contribution in [2.24, 2.45) is 0 Å². The van der Waals surface area contributed by atoms with Gasteiger partial charge in [0.2, 0.25) is 0 Å². The summed E-state index contributed by atoms with van der Waals surface area (Å²) >= 11 is 0. The van der Waals surface area contributed by atoms with E-state index in [-0.39, 0.29) is 5.56 Å². The highest BCUT2D eigenvalue weighted by molar-refractivity contribution is 5.83. The molecular formula is C26H30N6O. The number of pyridine rings is 1. The van der Waals surface area contributed by atoms with Gasteiger partial charge in [-0.3, -0.25) is 9.69 Å². The van der Waals surface area contributed by atoms with E-state index in [9.17, 15) is 4.79 Å². The number of aryl methyl sites for hydroxylation is 2. The summed E-state index contributed by atoms with van der Waals surface area (Å²) in [6.45, 7) is 5.96. The highest BCUT2D eigenvalue weighted by atomic mass is 16.1. The largest absolute Gasteiger partial charge is 0.322 e. The molecule has 1 aliphatic carbocycles. The quantitative estimate of drug-likeness (QED) is 0.457. The minimum Gasteiger partial charge on any atom is -0.322 e. The fraction of sp³-hybridized carbons (Fsp3) is 0.385. The molecule has 0 unspecified atom stereocenters. The second-order valence-electron chi connectivity index (χ2n) is 9.28. The van der Waals surface area contributed by atoms with Crippen molar-refractivity contribution in [3.05, 3.63) is 87.0 Å². The van der Waals surface area contributed by atoms with Crippen molar-refractivity contribution in [2.45, 2.75) is 65.2 Å². The van der Waals surface area contributed by atoms with Gasteiger partial charge in [-0.2, -0.15) is 0 Å². The van der Waals surface area contributed by atoms with Gasteiger partial charge in [0.1, 0.15) is 0 Å². The number of aromatic nitrogens is 5. The number of hydrogen-bond donors (Lipinski definition) is 1. The monoisotopic (exact) mass is 442 g/mol. The summed E-state index contributed by atoms with van der Waals surface area (Å²) in [5, 5.41) is 13.7. The van der Waals surface area contributed by atoms with Crippen LogP contribution in [0.5, 0.6) is 0 Å². The summed E-state index contributed by atoms with van der Waals surface area (Å²) in [5.74, 6) is 0.863. The predicted octanol–water partition coefficient (Wildman–Crippen LogP) is 4.45. The fourth-order valence-electron chi connectivity index (χ4n) is 5.03. The molecule has 0 atom stereocenters. The molecule has 1 saturated carbocycles. The third-order valence-corrected chi connectivity index (χ3v) is 6.63. The molecule has 0 aliphatic heterocycles. The third kappa shape index (κ3) is 4.73. The van der Waals surface area contributed by atoms with E-state index in [0.29, 0.717) is 25.7 Å². The smallest absolute Gasteiger partial charge is 0.252 e. The molecule has 1 fully saturated rings. The van der Waals surface area contributed by atoms with Crippen LogP contribution >= 0.6 is 0 Å². The van der Waals surface area contributed by atoms with E-state index in [1.54, 1.807) is 0 Å². The maximum Gasteiger partial charge on any atom is 0.252 e. The first kappa shape index (κ1) is 21.5. The second-order valence-corrected chi connectivity index (χ2v) is 9.28. The molecule has 2 heterocycles. The molecule has 5 rings (SSSR count). The fourth-order valence-corrected chi connectivity index (χ4v) is 5.03. The lowest BCUT2D eigenvalue weighted by Gasteiger charge is -2.23. The van der Waals surface area contributed by atoms with Crippen LogP contribution in [0.2, 0.25) is 0 Å². The van der Waals surface area contributed by atoms with Crippen LogP contribution < -0.4 is 5.56 Å². The van der Waals surface area contributed by atoms with Crippen molar-refractivity contribution in [2.75, 3.05) is 0 Å². The number of benzene rings is 2. The Labute approximate surface area is 193 Å². The van der Waals surface area contributed by atoms with Crippen LogP contribution in [0, 0.1) is 13.8 Å². The number of H-pyrrole nitrogens is 1. The summed E-state index contributed by atoms with van der Waals surface area (Å²) in [5.41, 5.74) is 5.11. The first-order chi connectivity index (χ1) is 16.1. The Balaban J connectivity index is 1.47. The van der Waals surface area contributed by atoms with Crippen molar-refractivity contribution in [1.29, 1.82) is 0 Å². The maximum absolute atomic E-state index is 13.0. The van der Waals surface area contributed by atoms with Crippen LogP contribution in [0.4, 0.5) is 0 Å². The molecule has 0 radical (unpaired) electrons. The summed E-state index contributed by atoms with van der Waals surface area (Å²) in [6.07, 6.45) is 4.70. The molecule has 170 valence electrons. The summed E-state index contributed by atoms with van der Waals surface area (Å²) in [7, 11) is 0. The van der Waals surface area contributed by atoms with E-state index in [0.717, 1.165) is 40.7 Å². The molecule has 7 heteroatoms. The van der Waals surface area contributed by atoms with Crippen LogP contribution in [-0.4, -0.2) is 30.1 Å². The highest BCUT2D eigenvalue weighted by Gasteiger charge is 2.23. The van der Waals surface area contributed by atoms with Gasteiger partial charge < -0.3 is 4.98 Å². The topological polar surface area (TPSA) is 79.7 Å². The zero-order valence-corrected chi connectivity index (χ0v) is 19.3. The molecule has 33 heavy (non-hydrogen) atoms. The molecule has 7 nitrogen and oxygen atoms in total. The van der Waals surface area contributed by atoms with Gasteiger partial charge in [0.25, 0.3) is 5.56 Å². The number of rotatable bonds is 7. The number of hydrogen-bond acceptors (Lipinski definition) is 5. The molecule has 4 aromatic rings. The van der Waals surface area contributed by atoms with E-state index in [1.165, 1.54) is 24.0 Å². The summed E-state index contributed by atoms with van der Waals surface area (Å²) in [4.78, 5) is 18.3. The number of fused-ring (bicyclic) bond motifs is 1. The van der Waals surface area contributed by atoms with Gasteiger partial charge in [-0.1, -0.05) is 49.2 Å². The number of aromatic amines is 1. The molecule has 1 aliphatic rings. The van der Waals surface area contributed by atoms with Crippen LogP contribution in [-0.2, 0) is 19.6 Å². The lowest BCUT2D eigenvalue weighted by Crippen LogP contribution is -2.28. The zero-order valence-electron chi connectivity index (χ0n) is 19.3. The third-order valence-electron chi connectivity index (χ3n) is 6.63. The SMILES string of the molecule is Cc1cc(C)c2cc(CN(Cc3ccccc3)Cc3nnnn3C3CCCC3)c(=O)[nH]c2c1. The normalized spacial score (nSPS) is 14.5.